The third-order valence-electron chi connectivity index (χ3n) is 4.44. The van der Waals surface area contributed by atoms with Crippen LogP contribution in [0, 0.1) is 6.92 Å². The summed E-state index contributed by atoms with van der Waals surface area (Å²) in [6.07, 6.45) is -4.30. The molecule has 7 nitrogen and oxygen atoms in total. The second kappa shape index (κ2) is 7.29. The molecule has 11 heteroatoms. The van der Waals surface area contributed by atoms with Crippen molar-refractivity contribution in [3.05, 3.63) is 47.0 Å². The summed E-state index contributed by atoms with van der Waals surface area (Å²) in [5, 5.41) is 0. The number of aryl methyl sites for hydroxylation is 1. The van der Waals surface area contributed by atoms with E-state index in [0.29, 0.717) is 17.1 Å². The summed E-state index contributed by atoms with van der Waals surface area (Å²) < 4.78 is 67.5. The van der Waals surface area contributed by atoms with Crippen molar-refractivity contribution in [2.45, 2.75) is 44.1 Å². The number of hydrogen-bond acceptors (Lipinski definition) is 6. The van der Waals surface area contributed by atoms with E-state index in [2.05, 4.69) is 9.97 Å². The molecule has 0 fully saturated rings. The van der Waals surface area contributed by atoms with Gasteiger partial charge in [0.05, 0.1) is 22.7 Å². The van der Waals surface area contributed by atoms with E-state index in [4.69, 9.17) is 4.74 Å². The summed E-state index contributed by atoms with van der Waals surface area (Å²) in [6, 6.07) is 3.22. The Hall–Kier alpha value is -2.69. The van der Waals surface area contributed by atoms with Crippen molar-refractivity contribution in [1.29, 1.82) is 0 Å². The number of aromatic nitrogens is 2. The number of halogens is 3. The highest BCUT2D eigenvalue weighted by atomic mass is 32.2. The predicted octanol–water partition coefficient (Wildman–Crippen LogP) is 2.67. The Balaban J connectivity index is 1.98. The molecule has 1 aliphatic rings. The zero-order chi connectivity index (χ0) is 21.6. The Bertz CT molecular complexity index is 1070. The number of benzene rings is 1. The van der Waals surface area contributed by atoms with Gasteiger partial charge in [0.25, 0.3) is 5.91 Å². The molecule has 0 saturated heterocycles. The van der Waals surface area contributed by atoms with E-state index in [-0.39, 0.29) is 29.3 Å². The first kappa shape index (κ1) is 21.0. The molecule has 2 aromatic rings. The van der Waals surface area contributed by atoms with Crippen LogP contribution in [0.1, 0.15) is 34.4 Å². The first-order valence-corrected chi connectivity index (χ1v) is 10.4. The van der Waals surface area contributed by atoms with Crippen LogP contribution in [0.25, 0.3) is 0 Å². The lowest BCUT2D eigenvalue weighted by Crippen LogP contribution is -2.32. The number of rotatable bonds is 4. The molecule has 1 atom stereocenters. The lowest BCUT2D eigenvalue weighted by atomic mass is 10.1. The molecule has 0 N–H and O–H groups in total. The van der Waals surface area contributed by atoms with Crippen molar-refractivity contribution >= 4 is 15.7 Å². The first-order valence-electron chi connectivity index (χ1n) is 8.54. The minimum absolute atomic E-state index is 0.134. The Morgan fingerprint density at radius 2 is 1.97 bits per heavy atom. The van der Waals surface area contributed by atoms with Gasteiger partial charge in [0.1, 0.15) is 11.6 Å². The standard InChI is InChI=1S/C18H18F3N3O4S/c1-10(18(19,20)21)28-16-5-4-13(29(3,26)27)6-14(16)17(25)24-8-12-7-22-11(2)23-15(12)9-24/h4-7,10H,8-9H2,1-3H3/t10-/m0/s1. The van der Waals surface area contributed by atoms with Crippen molar-refractivity contribution in [1.82, 2.24) is 14.9 Å². The lowest BCUT2D eigenvalue weighted by molar-refractivity contribution is -0.189. The number of alkyl halides is 3. The molecule has 0 bridgehead atoms. The Morgan fingerprint density at radius 3 is 2.59 bits per heavy atom. The van der Waals surface area contributed by atoms with Crippen LogP contribution in [-0.4, -0.2) is 47.7 Å². The molecule has 0 aliphatic carbocycles. The molecule has 0 radical (unpaired) electrons. The quantitative estimate of drug-likeness (QED) is 0.743. The number of fused-ring (bicyclic) bond motifs is 1. The monoisotopic (exact) mass is 429 g/mol. The largest absolute Gasteiger partial charge is 0.480 e. The summed E-state index contributed by atoms with van der Waals surface area (Å²) in [5.74, 6) is -0.471. The van der Waals surface area contributed by atoms with Crippen molar-refractivity contribution in [2.24, 2.45) is 0 Å². The maximum absolute atomic E-state index is 13.1. The average Bonchev–Trinajstić information content (AvgIpc) is 3.02. The second-order valence-electron chi connectivity index (χ2n) is 6.78. The summed E-state index contributed by atoms with van der Waals surface area (Å²) in [5.41, 5.74) is 1.09. The molecule has 1 aliphatic heterocycles. The van der Waals surface area contributed by atoms with E-state index in [9.17, 15) is 26.4 Å². The van der Waals surface area contributed by atoms with E-state index in [0.717, 1.165) is 31.4 Å². The van der Waals surface area contributed by atoms with Crippen molar-refractivity contribution in [2.75, 3.05) is 6.26 Å². The Morgan fingerprint density at radius 1 is 1.28 bits per heavy atom. The van der Waals surface area contributed by atoms with Gasteiger partial charge in [0.2, 0.25) is 0 Å². The van der Waals surface area contributed by atoms with E-state index >= 15 is 0 Å². The van der Waals surface area contributed by atoms with Crippen LogP contribution >= 0.6 is 0 Å². The molecule has 29 heavy (non-hydrogen) atoms. The van der Waals surface area contributed by atoms with E-state index in [1.165, 1.54) is 4.90 Å². The molecule has 156 valence electrons. The number of ether oxygens (including phenoxy) is 1. The maximum Gasteiger partial charge on any atom is 0.425 e. The fourth-order valence-corrected chi connectivity index (χ4v) is 3.48. The van der Waals surface area contributed by atoms with Gasteiger partial charge in [0, 0.05) is 24.6 Å². The highest BCUT2D eigenvalue weighted by Gasteiger charge is 2.39. The van der Waals surface area contributed by atoms with E-state index in [1.54, 1.807) is 13.1 Å². The summed E-state index contributed by atoms with van der Waals surface area (Å²) in [6.45, 7) is 2.80. The van der Waals surface area contributed by atoms with Crippen molar-refractivity contribution in [3.63, 3.8) is 0 Å². The zero-order valence-corrected chi connectivity index (χ0v) is 16.6. The second-order valence-corrected chi connectivity index (χ2v) is 8.80. The number of nitrogens with zero attached hydrogens (tertiary/aromatic N) is 3. The lowest BCUT2D eigenvalue weighted by Gasteiger charge is -2.22. The van der Waals surface area contributed by atoms with Crippen LogP contribution < -0.4 is 4.74 Å². The summed E-state index contributed by atoms with van der Waals surface area (Å²) >= 11 is 0. The summed E-state index contributed by atoms with van der Waals surface area (Å²) in [4.78, 5) is 22.5. The molecule has 1 aromatic heterocycles. The van der Waals surface area contributed by atoms with Crippen LogP contribution in [0.15, 0.2) is 29.3 Å². The zero-order valence-electron chi connectivity index (χ0n) is 15.8. The van der Waals surface area contributed by atoms with E-state index in [1.807, 2.05) is 0 Å². The fraction of sp³-hybridized carbons (Fsp3) is 0.389. The Kier molecular flexibility index (Phi) is 5.28. The molecular formula is C18H18F3N3O4S. The highest BCUT2D eigenvalue weighted by molar-refractivity contribution is 7.90. The highest BCUT2D eigenvalue weighted by Crippen LogP contribution is 2.31. The number of carbonyl (C=O) groups is 1. The topological polar surface area (TPSA) is 89.5 Å². The van der Waals surface area contributed by atoms with Crippen molar-refractivity contribution in [3.8, 4) is 5.75 Å². The third kappa shape index (κ3) is 4.50. The van der Waals surface area contributed by atoms with Crippen LogP contribution in [0.2, 0.25) is 0 Å². The predicted molar refractivity (Wildman–Crippen MR) is 96.0 cm³/mol. The van der Waals surface area contributed by atoms with Crippen LogP contribution in [0.3, 0.4) is 0 Å². The van der Waals surface area contributed by atoms with Gasteiger partial charge in [-0.05, 0) is 32.0 Å². The van der Waals surface area contributed by atoms with Gasteiger partial charge in [-0.1, -0.05) is 0 Å². The van der Waals surface area contributed by atoms with Crippen LogP contribution in [0.5, 0.6) is 5.75 Å². The normalized spacial score (nSPS) is 15.2. The maximum atomic E-state index is 13.1. The van der Waals surface area contributed by atoms with E-state index < -0.39 is 28.0 Å². The summed E-state index contributed by atoms with van der Waals surface area (Å²) in [7, 11) is -3.69. The molecule has 0 spiro atoms. The van der Waals surface area contributed by atoms with Crippen LogP contribution in [0.4, 0.5) is 13.2 Å². The smallest absolute Gasteiger partial charge is 0.425 e. The number of sulfone groups is 1. The molecule has 2 heterocycles. The molecule has 0 saturated carbocycles. The minimum Gasteiger partial charge on any atom is -0.480 e. The fourth-order valence-electron chi connectivity index (χ4n) is 2.83. The molecule has 0 unspecified atom stereocenters. The molecule has 1 amide bonds. The van der Waals surface area contributed by atoms with Gasteiger partial charge in [-0.25, -0.2) is 18.4 Å². The molecule has 1 aromatic carbocycles. The molecule has 3 rings (SSSR count). The minimum atomic E-state index is -4.65. The van der Waals surface area contributed by atoms with Crippen LogP contribution in [-0.2, 0) is 22.9 Å². The van der Waals surface area contributed by atoms with Gasteiger partial charge in [-0.2, -0.15) is 13.2 Å². The van der Waals surface area contributed by atoms with Gasteiger partial charge < -0.3 is 9.64 Å². The third-order valence-corrected chi connectivity index (χ3v) is 5.55. The number of carbonyl (C=O) groups excluding carboxylic acids is 1. The van der Waals surface area contributed by atoms with Gasteiger partial charge >= 0.3 is 6.18 Å². The molecular weight excluding hydrogens is 411 g/mol. The number of amides is 1. The van der Waals surface area contributed by atoms with Gasteiger partial charge in [-0.15, -0.1) is 0 Å². The first-order chi connectivity index (χ1) is 13.4. The average molecular weight is 429 g/mol. The van der Waals surface area contributed by atoms with Crippen molar-refractivity contribution < 1.29 is 31.1 Å². The SMILES string of the molecule is Cc1ncc2c(n1)CN(C(=O)c1cc(S(C)(=O)=O)ccc1O[C@@H](C)C(F)(F)F)C2. The van der Waals surface area contributed by atoms with Gasteiger partial charge in [-0.3, -0.25) is 4.79 Å². The number of hydrogen-bond donors (Lipinski definition) is 0. The van der Waals surface area contributed by atoms with Gasteiger partial charge in [0.15, 0.2) is 15.9 Å². The Labute approximate surface area is 165 Å².